The van der Waals surface area contributed by atoms with Gasteiger partial charge in [-0.1, -0.05) is 18.2 Å². The van der Waals surface area contributed by atoms with Crippen LogP contribution in [0.15, 0.2) is 35.5 Å². The maximum atomic E-state index is 14.1. The summed E-state index contributed by atoms with van der Waals surface area (Å²) < 4.78 is 24.4. The third-order valence-electron chi connectivity index (χ3n) is 3.63. The highest BCUT2D eigenvalue weighted by atomic mass is 19.1. The van der Waals surface area contributed by atoms with E-state index in [1.165, 1.54) is 6.07 Å². The Kier molecular flexibility index (Phi) is 5.87. The summed E-state index contributed by atoms with van der Waals surface area (Å²) in [6.45, 7) is 4.41. The van der Waals surface area contributed by atoms with Crippen molar-refractivity contribution >= 4 is 11.9 Å². The second-order valence-electron chi connectivity index (χ2n) is 5.20. The van der Waals surface area contributed by atoms with Crippen molar-refractivity contribution in [3.05, 3.63) is 46.9 Å². The van der Waals surface area contributed by atoms with Crippen LogP contribution in [0.2, 0.25) is 0 Å². The van der Waals surface area contributed by atoms with Crippen LogP contribution in [0.3, 0.4) is 0 Å². The van der Waals surface area contributed by atoms with Gasteiger partial charge in [0.25, 0.3) is 0 Å². The number of rotatable bonds is 6. The van der Waals surface area contributed by atoms with E-state index in [1.54, 1.807) is 25.1 Å². The van der Waals surface area contributed by atoms with E-state index in [9.17, 15) is 14.0 Å². The summed E-state index contributed by atoms with van der Waals surface area (Å²) in [6, 6.07) is 6.14. The van der Waals surface area contributed by atoms with Crippen molar-refractivity contribution in [3.8, 4) is 0 Å². The van der Waals surface area contributed by atoms with E-state index in [-0.39, 0.29) is 24.5 Å². The fourth-order valence-corrected chi connectivity index (χ4v) is 2.61. The normalized spacial score (nSPS) is 17.9. The molecule has 6 heteroatoms. The lowest BCUT2D eigenvalue weighted by Crippen LogP contribution is -2.34. The maximum absolute atomic E-state index is 14.1. The first kappa shape index (κ1) is 17.1. The summed E-state index contributed by atoms with van der Waals surface area (Å²) in [5.41, 5.74) is 1.00. The molecule has 124 valence electrons. The van der Waals surface area contributed by atoms with Crippen LogP contribution in [-0.4, -0.2) is 31.7 Å². The van der Waals surface area contributed by atoms with Gasteiger partial charge in [-0.2, -0.15) is 0 Å². The Labute approximate surface area is 134 Å². The van der Waals surface area contributed by atoms with Crippen LogP contribution in [0.5, 0.6) is 0 Å². The summed E-state index contributed by atoms with van der Waals surface area (Å²) in [5, 5.41) is 2.62. The summed E-state index contributed by atoms with van der Waals surface area (Å²) in [5.74, 6) is -1.90. The van der Waals surface area contributed by atoms with E-state index in [1.807, 2.05) is 6.92 Å². The van der Waals surface area contributed by atoms with Gasteiger partial charge in [0.1, 0.15) is 12.4 Å². The standard InChI is InChI=1S/C17H20FNO4/c1-3-22-8-9-23-17(21)16-11(2)19-15(20)10-13(16)12-6-4-5-7-14(12)18/h4-7,13H,3,8-10H2,1-2H3,(H,19,20). The number of benzene rings is 1. The lowest BCUT2D eigenvalue weighted by molar-refractivity contribution is -0.141. The van der Waals surface area contributed by atoms with Crippen LogP contribution in [0.4, 0.5) is 4.39 Å². The molecule has 1 amide bonds. The molecule has 0 aliphatic carbocycles. The Morgan fingerprint density at radius 2 is 2.09 bits per heavy atom. The Bertz CT molecular complexity index is 627. The number of ether oxygens (including phenoxy) is 2. The maximum Gasteiger partial charge on any atom is 0.336 e. The lowest BCUT2D eigenvalue weighted by atomic mass is 9.84. The largest absolute Gasteiger partial charge is 0.460 e. The van der Waals surface area contributed by atoms with Crippen LogP contribution >= 0.6 is 0 Å². The quantitative estimate of drug-likeness (QED) is 0.645. The van der Waals surface area contributed by atoms with Crippen molar-refractivity contribution in [1.82, 2.24) is 5.32 Å². The van der Waals surface area contributed by atoms with Gasteiger partial charge in [-0.25, -0.2) is 9.18 Å². The first-order valence-electron chi connectivity index (χ1n) is 7.54. The first-order chi connectivity index (χ1) is 11.0. The lowest BCUT2D eigenvalue weighted by Gasteiger charge is -2.26. The van der Waals surface area contributed by atoms with Gasteiger partial charge in [-0.05, 0) is 25.5 Å². The average Bonchev–Trinajstić information content (AvgIpc) is 2.51. The molecule has 1 aliphatic heterocycles. The number of hydrogen-bond donors (Lipinski definition) is 1. The van der Waals surface area contributed by atoms with E-state index in [0.29, 0.717) is 24.5 Å². The topological polar surface area (TPSA) is 64.6 Å². The highest BCUT2D eigenvalue weighted by Crippen LogP contribution is 2.34. The molecule has 2 rings (SSSR count). The fraction of sp³-hybridized carbons (Fsp3) is 0.412. The molecular weight excluding hydrogens is 301 g/mol. The molecule has 0 fully saturated rings. The molecule has 0 saturated heterocycles. The highest BCUT2D eigenvalue weighted by molar-refractivity contribution is 5.95. The van der Waals surface area contributed by atoms with Crippen LogP contribution in [0.1, 0.15) is 31.7 Å². The molecule has 0 aromatic heterocycles. The molecule has 1 aromatic rings. The SMILES string of the molecule is CCOCCOC(=O)C1=C(C)NC(=O)CC1c1ccccc1F. The van der Waals surface area contributed by atoms with Gasteiger partial charge in [0.2, 0.25) is 5.91 Å². The van der Waals surface area contributed by atoms with Crippen LogP contribution in [-0.2, 0) is 19.1 Å². The van der Waals surface area contributed by atoms with Crippen molar-refractivity contribution in [3.63, 3.8) is 0 Å². The summed E-state index contributed by atoms with van der Waals surface area (Å²) in [4.78, 5) is 24.2. The van der Waals surface area contributed by atoms with Crippen molar-refractivity contribution in [1.29, 1.82) is 0 Å². The molecule has 0 radical (unpaired) electrons. The number of carbonyl (C=O) groups excluding carboxylic acids is 2. The van der Waals surface area contributed by atoms with Crippen LogP contribution in [0, 0.1) is 5.82 Å². The smallest absolute Gasteiger partial charge is 0.336 e. The monoisotopic (exact) mass is 321 g/mol. The predicted molar refractivity (Wildman–Crippen MR) is 82.1 cm³/mol. The number of nitrogens with one attached hydrogen (secondary N) is 1. The first-order valence-corrected chi connectivity index (χ1v) is 7.54. The number of carbonyl (C=O) groups is 2. The van der Waals surface area contributed by atoms with Crippen molar-refractivity contribution in [2.75, 3.05) is 19.8 Å². The Hall–Kier alpha value is -2.21. The van der Waals surface area contributed by atoms with Crippen molar-refractivity contribution < 1.29 is 23.5 Å². The second kappa shape index (κ2) is 7.87. The zero-order chi connectivity index (χ0) is 16.8. The van der Waals surface area contributed by atoms with E-state index in [2.05, 4.69) is 5.32 Å². The molecule has 1 aliphatic rings. The van der Waals surface area contributed by atoms with Gasteiger partial charge in [-0.3, -0.25) is 4.79 Å². The zero-order valence-corrected chi connectivity index (χ0v) is 13.2. The van der Waals surface area contributed by atoms with Gasteiger partial charge in [0, 0.05) is 24.6 Å². The van der Waals surface area contributed by atoms with Gasteiger partial charge < -0.3 is 14.8 Å². The number of hydrogen-bond acceptors (Lipinski definition) is 4. The van der Waals surface area contributed by atoms with Crippen LogP contribution in [0.25, 0.3) is 0 Å². The molecule has 23 heavy (non-hydrogen) atoms. The zero-order valence-electron chi connectivity index (χ0n) is 13.2. The summed E-state index contributed by atoms with van der Waals surface area (Å²) in [6.07, 6.45) is 0.00810. The molecule has 1 aromatic carbocycles. The minimum atomic E-state index is -0.649. The number of esters is 1. The fourth-order valence-electron chi connectivity index (χ4n) is 2.61. The molecular formula is C17H20FNO4. The van der Waals surface area contributed by atoms with Gasteiger partial charge >= 0.3 is 5.97 Å². The predicted octanol–water partition coefficient (Wildman–Crippen LogP) is 2.28. The van der Waals surface area contributed by atoms with Crippen molar-refractivity contribution in [2.24, 2.45) is 0 Å². The number of allylic oxidation sites excluding steroid dienone is 1. The third kappa shape index (κ3) is 4.16. The molecule has 0 bridgehead atoms. The van der Waals surface area contributed by atoms with Gasteiger partial charge in [0.05, 0.1) is 12.2 Å². The second-order valence-corrected chi connectivity index (χ2v) is 5.20. The number of amides is 1. The number of halogens is 1. The molecule has 1 unspecified atom stereocenters. The average molecular weight is 321 g/mol. The molecule has 0 saturated carbocycles. The minimum Gasteiger partial charge on any atom is -0.460 e. The molecule has 1 heterocycles. The molecule has 0 spiro atoms. The summed E-state index contributed by atoms with van der Waals surface area (Å²) >= 11 is 0. The van der Waals surface area contributed by atoms with E-state index >= 15 is 0 Å². The molecule has 1 atom stereocenters. The molecule has 5 nitrogen and oxygen atoms in total. The van der Waals surface area contributed by atoms with Crippen molar-refractivity contribution in [2.45, 2.75) is 26.2 Å². The third-order valence-corrected chi connectivity index (χ3v) is 3.63. The van der Waals surface area contributed by atoms with E-state index in [4.69, 9.17) is 9.47 Å². The Morgan fingerprint density at radius 3 is 2.78 bits per heavy atom. The minimum absolute atomic E-state index is 0.00810. The highest BCUT2D eigenvalue weighted by Gasteiger charge is 2.34. The van der Waals surface area contributed by atoms with E-state index in [0.717, 1.165) is 0 Å². The van der Waals surface area contributed by atoms with Crippen LogP contribution < -0.4 is 5.32 Å². The van der Waals surface area contributed by atoms with Gasteiger partial charge in [-0.15, -0.1) is 0 Å². The Morgan fingerprint density at radius 1 is 1.35 bits per heavy atom. The van der Waals surface area contributed by atoms with E-state index < -0.39 is 17.7 Å². The Balaban J connectivity index is 2.25. The molecule has 1 N–H and O–H groups in total. The summed E-state index contributed by atoms with van der Waals surface area (Å²) in [7, 11) is 0. The van der Waals surface area contributed by atoms with Gasteiger partial charge in [0.15, 0.2) is 0 Å².